The fourth-order valence-electron chi connectivity index (χ4n) is 5.53. The number of carbonyl (C=O) groups is 2. The first-order chi connectivity index (χ1) is 16.3. The number of nitrogens with zero attached hydrogens (tertiary/aromatic N) is 4. The average molecular weight is 473 g/mol. The minimum absolute atomic E-state index is 0.226. The van der Waals surface area contributed by atoms with E-state index >= 15 is 4.39 Å². The highest BCUT2D eigenvalue weighted by Crippen LogP contribution is 2.26. The zero-order chi connectivity index (χ0) is 23.9. The van der Waals surface area contributed by atoms with Crippen LogP contribution < -0.4 is 16.3 Å². The van der Waals surface area contributed by atoms with Crippen molar-refractivity contribution in [1.29, 1.82) is 0 Å². The molecule has 1 aromatic heterocycles. The number of carbonyl (C=O) groups excluding carboxylic acids is 2. The number of benzene rings is 1. The van der Waals surface area contributed by atoms with E-state index in [1.54, 1.807) is 11.6 Å². The zero-order valence-corrected chi connectivity index (χ0v) is 19.7. The van der Waals surface area contributed by atoms with E-state index < -0.39 is 17.6 Å². The van der Waals surface area contributed by atoms with Crippen LogP contribution in [-0.2, 0) is 23.2 Å². The number of imidazole rings is 1. The van der Waals surface area contributed by atoms with Gasteiger partial charge in [0.05, 0.1) is 11.0 Å². The Balaban J connectivity index is 1.26. The molecule has 3 aliphatic rings. The molecular weight excluding hydrogens is 439 g/mol. The number of alkyl halides is 1. The number of hydrogen-bond acceptors (Lipinski definition) is 6. The van der Waals surface area contributed by atoms with Crippen molar-refractivity contribution in [1.82, 2.24) is 29.6 Å². The van der Waals surface area contributed by atoms with Crippen LogP contribution in [-0.4, -0.2) is 82.2 Å². The second-order valence-electron chi connectivity index (χ2n) is 9.95. The second-order valence-corrected chi connectivity index (χ2v) is 9.95. The topological polar surface area (TPSA) is 91.6 Å². The van der Waals surface area contributed by atoms with Crippen molar-refractivity contribution in [2.45, 2.75) is 43.9 Å². The van der Waals surface area contributed by atoms with Gasteiger partial charge in [-0.05, 0) is 50.0 Å². The maximum Gasteiger partial charge on any atom is 0.329 e. The molecule has 0 bridgehead atoms. The molecule has 5 rings (SSSR count). The van der Waals surface area contributed by atoms with E-state index in [0.29, 0.717) is 31.3 Å². The Bertz CT molecular complexity index is 1140. The van der Waals surface area contributed by atoms with Crippen LogP contribution in [0.1, 0.15) is 37.3 Å². The Kier molecular flexibility index (Phi) is 6.30. The van der Waals surface area contributed by atoms with Gasteiger partial charge in [-0.15, -0.1) is 0 Å². The molecule has 184 valence electrons. The summed E-state index contributed by atoms with van der Waals surface area (Å²) in [6.45, 7) is 6.25. The molecule has 4 heterocycles. The molecular formula is C24H33FN6O3. The van der Waals surface area contributed by atoms with Crippen LogP contribution >= 0.6 is 0 Å². The maximum atomic E-state index is 15.0. The fourth-order valence-corrected chi connectivity index (χ4v) is 5.53. The summed E-state index contributed by atoms with van der Waals surface area (Å²) in [6.07, 6.45) is 1.73. The minimum Gasteiger partial charge on any atom is -0.316 e. The summed E-state index contributed by atoms with van der Waals surface area (Å²) < 4.78 is 18.1. The Morgan fingerprint density at radius 1 is 1.03 bits per heavy atom. The third-order valence-electron chi connectivity index (χ3n) is 7.55. The summed E-state index contributed by atoms with van der Waals surface area (Å²) in [5.74, 6) is -0.721. The summed E-state index contributed by atoms with van der Waals surface area (Å²) >= 11 is 0. The SMILES string of the molecule is Cn1c(=O)n(C2CCC(=O)NC2=O)c2ccc(CN3CCN(CC4(F)CCNCC4)CC3)cc21. The minimum atomic E-state index is -1.07. The highest BCUT2D eigenvalue weighted by atomic mass is 19.1. The molecule has 3 saturated heterocycles. The summed E-state index contributed by atoms with van der Waals surface area (Å²) in [7, 11) is 1.71. The molecule has 0 saturated carbocycles. The molecule has 9 nitrogen and oxygen atoms in total. The van der Waals surface area contributed by atoms with Crippen molar-refractivity contribution in [2.24, 2.45) is 7.05 Å². The average Bonchev–Trinajstić information content (AvgIpc) is 3.05. The van der Waals surface area contributed by atoms with E-state index in [0.717, 1.165) is 56.9 Å². The van der Waals surface area contributed by atoms with Gasteiger partial charge in [0.15, 0.2) is 0 Å². The molecule has 1 aromatic carbocycles. The molecule has 0 spiro atoms. The number of rotatable bonds is 5. The van der Waals surface area contributed by atoms with Crippen molar-refractivity contribution < 1.29 is 14.0 Å². The molecule has 2 aromatic rings. The Morgan fingerprint density at radius 3 is 2.44 bits per heavy atom. The summed E-state index contributed by atoms with van der Waals surface area (Å²) in [5, 5.41) is 5.57. The molecule has 2 amide bonds. The molecule has 3 fully saturated rings. The molecule has 34 heavy (non-hydrogen) atoms. The number of hydrogen-bond donors (Lipinski definition) is 2. The highest BCUT2D eigenvalue weighted by Gasteiger charge is 2.35. The second kappa shape index (κ2) is 9.24. The van der Waals surface area contributed by atoms with E-state index in [9.17, 15) is 14.4 Å². The van der Waals surface area contributed by atoms with Gasteiger partial charge in [-0.3, -0.25) is 33.8 Å². The van der Waals surface area contributed by atoms with Crippen molar-refractivity contribution in [3.8, 4) is 0 Å². The Labute approximate surface area is 197 Å². The number of piperidine rings is 2. The lowest BCUT2D eigenvalue weighted by molar-refractivity contribution is -0.135. The Morgan fingerprint density at radius 2 is 1.74 bits per heavy atom. The number of imide groups is 1. The normalized spacial score (nSPS) is 24.5. The predicted octanol–water partition coefficient (Wildman–Crippen LogP) is 0.527. The van der Waals surface area contributed by atoms with Crippen LogP contribution in [0.3, 0.4) is 0 Å². The zero-order valence-electron chi connectivity index (χ0n) is 19.7. The number of nitrogens with one attached hydrogen (secondary N) is 2. The Hall–Kier alpha value is -2.56. The number of amides is 2. The van der Waals surface area contributed by atoms with Gasteiger partial charge in [-0.2, -0.15) is 0 Å². The van der Waals surface area contributed by atoms with Gasteiger partial charge in [-0.1, -0.05) is 6.07 Å². The van der Waals surface area contributed by atoms with Gasteiger partial charge in [0.25, 0.3) is 0 Å². The van der Waals surface area contributed by atoms with Crippen molar-refractivity contribution in [2.75, 3.05) is 45.8 Å². The van der Waals surface area contributed by atoms with Crippen LogP contribution in [0.2, 0.25) is 0 Å². The van der Waals surface area contributed by atoms with Gasteiger partial charge < -0.3 is 5.32 Å². The molecule has 0 aliphatic carbocycles. The third kappa shape index (κ3) is 4.54. The number of fused-ring (bicyclic) bond motifs is 1. The van der Waals surface area contributed by atoms with Crippen LogP contribution in [0.5, 0.6) is 0 Å². The third-order valence-corrected chi connectivity index (χ3v) is 7.55. The van der Waals surface area contributed by atoms with Crippen LogP contribution in [0, 0.1) is 0 Å². The summed E-state index contributed by atoms with van der Waals surface area (Å²) in [6, 6.07) is 5.24. The van der Waals surface area contributed by atoms with Gasteiger partial charge in [0.1, 0.15) is 11.7 Å². The lowest BCUT2D eigenvalue weighted by Crippen LogP contribution is -2.52. The number of piperazine rings is 1. The quantitative estimate of drug-likeness (QED) is 0.617. The number of aromatic nitrogens is 2. The monoisotopic (exact) mass is 472 g/mol. The molecule has 2 N–H and O–H groups in total. The smallest absolute Gasteiger partial charge is 0.316 e. The maximum absolute atomic E-state index is 15.0. The van der Waals surface area contributed by atoms with Gasteiger partial charge in [0, 0.05) is 52.7 Å². The summed E-state index contributed by atoms with van der Waals surface area (Å²) in [5.41, 5.74) is 1.24. The first-order valence-electron chi connectivity index (χ1n) is 12.2. The fraction of sp³-hybridized carbons (Fsp3) is 0.625. The molecule has 10 heteroatoms. The van der Waals surface area contributed by atoms with Gasteiger partial charge >= 0.3 is 5.69 Å². The lowest BCUT2D eigenvalue weighted by atomic mass is 9.93. The largest absolute Gasteiger partial charge is 0.329 e. The lowest BCUT2D eigenvalue weighted by Gasteiger charge is -2.39. The molecule has 0 radical (unpaired) electrons. The van der Waals surface area contributed by atoms with Crippen molar-refractivity contribution >= 4 is 22.8 Å². The van der Waals surface area contributed by atoms with E-state index in [1.807, 2.05) is 18.2 Å². The van der Waals surface area contributed by atoms with Crippen molar-refractivity contribution in [3.05, 3.63) is 34.2 Å². The molecule has 1 unspecified atom stereocenters. The first kappa shape index (κ1) is 23.2. The van der Waals surface area contributed by atoms with Crippen LogP contribution in [0.4, 0.5) is 4.39 Å². The van der Waals surface area contributed by atoms with E-state index in [4.69, 9.17) is 0 Å². The predicted molar refractivity (Wildman–Crippen MR) is 126 cm³/mol. The van der Waals surface area contributed by atoms with Crippen LogP contribution in [0.15, 0.2) is 23.0 Å². The standard InChI is InChI=1S/C24H33FN6O3/c1-28-20-14-17(2-3-18(20)31(23(28)34)19-4-5-21(32)27-22(19)33)15-29-10-12-30(13-11-29)16-24(25)6-8-26-9-7-24/h2-3,14,19,26H,4-13,15-16H2,1H3,(H,27,32,33). The van der Waals surface area contributed by atoms with E-state index in [2.05, 4.69) is 20.4 Å². The van der Waals surface area contributed by atoms with Gasteiger partial charge in [-0.25, -0.2) is 9.18 Å². The highest BCUT2D eigenvalue weighted by molar-refractivity contribution is 6.00. The number of aryl methyl sites for hydroxylation is 1. The van der Waals surface area contributed by atoms with Gasteiger partial charge in [0.2, 0.25) is 11.8 Å². The van der Waals surface area contributed by atoms with E-state index in [-0.39, 0.29) is 18.0 Å². The molecule has 1 atom stereocenters. The van der Waals surface area contributed by atoms with Crippen LogP contribution in [0.25, 0.3) is 11.0 Å². The summed E-state index contributed by atoms with van der Waals surface area (Å²) in [4.78, 5) is 41.5. The van der Waals surface area contributed by atoms with E-state index in [1.165, 1.54) is 4.57 Å². The van der Waals surface area contributed by atoms with Crippen molar-refractivity contribution in [3.63, 3.8) is 0 Å². The molecule has 3 aliphatic heterocycles. The number of halogens is 1. The first-order valence-corrected chi connectivity index (χ1v) is 12.2.